The van der Waals surface area contributed by atoms with Crippen LogP contribution in [0.15, 0.2) is 58.1 Å². The fourth-order valence-electron chi connectivity index (χ4n) is 2.22. The average Bonchev–Trinajstić information content (AvgIpc) is 2.89. The Bertz CT molecular complexity index is 622. The van der Waals surface area contributed by atoms with E-state index in [1.54, 1.807) is 6.07 Å². The number of benzene rings is 2. The Labute approximate surface area is 120 Å². The summed E-state index contributed by atoms with van der Waals surface area (Å²) in [7, 11) is 0. The van der Waals surface area contributed by atoms with Gasteiger partial charge in [-0.1, -0.05) is 40.2 Å². The minimum atomic E-state index is 0.169. The average molecular weight is 317 g/mol. The van der Waals surface area contributed by atoms with Crippen molar-refractivity contribution in [3.8, 4) is 5.75 Å². The van der Waals surface area contributed by atoms with E-state index in [0.717, 1.165) is 22.2 Å². The third-order valence-corrected chi connectivity index (χ3v) is 3.77. The Morgan fingerprint density at radius 2 is 1.84 bits per heavy atom. The van der Waals surface area contributed by atoms with Crippen LogP contribution in [0.2, 0.25) is 0 Å². The first-order chi connectivity index (χ1) is 9.24. The van der Waals surface area contributed by atoms with Crippen molar-refractivity contribution < 1.29 is 5.11 Å². The molecular formula is C15H13BrN2O. The van der Waals surface area contributed by atoms with Crippen LogP contribution in [0.4, 0.5) is 0 Å². The normalized spacial score (nSPS) is 17.9. The minimum absolute atomic E-state index is 0.169. The Hall–Kier alpha value is -1.81. The van der Waals surface area contributed by atoms with Crippen molar-refractivity contribution >= 4 is 21.6 Å². The molecule has 2 aromatic carbocycles. The third-order valence-electron chi connectivity index (χ3n) is 3.24. The number of nitrogens with zero attached hydrogens (tertiary/aromatic N) is 1. The van der Waals surface area contributed by atoms with E-state index in [9.17, 15) is 5.11 Å². The van der Waals surface area contributed by atoms with Crippen LogP contribution in [-0.2, 0) is 0 Å². The quantitative estimate of drug-likeness (QED) is 0.889. The Kier molecular flexibility index (Phi) is 3.25. The molecule has 1 heterocycles. The second kappa shape index (κ2) is 5.05. The van der Waals surface area contributed by atoms with Gasteiger partial charge in [0.1, 0.15) is 5.75 Å². The zero-order valence-electron chi connectivity index (χ0n) is 10.2. The number of phenolic OH excluding ortho intramolecular Hbond substituents is 1. The van der Waals surface area contributed by atoms with E-state index >= 15 is 0 Å². The molecule has 0 saturated carbocycles. The first-order valence-electron chi connectivity index (χ1n) is 6.10. The fraction of sp³-hybridized carbons (Fsp3) is 0.133. The smallest absolute Gasteiger partial charge is 0.124 e. The summed E-state index contributed by atoms with van der Waals surface area (Å²) in [4.78, 5) is 0. The van der Waals surface area contributed by atoms with E-state index in [2.05, 4.69) is 38.6 Å². The standard InChI is InChI=1S/C15H13BrN2O/c16-11-7-5-10(6-8-11)13-9-14(18-17-13)12-3-1-2-4-15(12)19/h1-8,13,17,19H,9H2/t13-/m0/s1. The van der Waals surface area contributed by atoms with E-state index in [-0.39, 0.29) is 11.8 Å². The molecule has 1 atom stereocenters. The zero-order chi connectivity index (χ0) is 13.2. The summed E-state index contributed by atoms with van der Waals surface area (Å²) < 4.78 is 1.07. The highest BCUT2D eigenvalue weighted by Gasteiger charge is 2.22. The van der Waals surface area contributed by atoms with E-state index in [1.165, 1.54) is 5.56 Å². The lowest BCUT2D eigenvalue weighted by Crippen LogP contribution is -2.09. The molecule has 96 valence electrons. The molecule has 1 aliphatic rings. The van der Waals surface area contributed by atoms with Gasteiger partial charge in [0.15, 0.2) is 0 Å². The van der Waals surface area contributed by atoms with Crippen molar-refractivity contribution in [2.24, 2.45) is 5.10 Å². The van der Waals surface area contributed by atoms with E-state index in [1.807, 2.05) is 30.3 Å². The second-order valence-electron chi connectivity index (χ2n) is 4.51. The third kappa shape index (κ3) is 2.49. The number of hydrogen-bond donors (Lipinski definition) is 2. The van der Waals surface area contributed by atoms with Gasteiger partial charge in [-0.3, -0.25) is 0 Å². The van der Waals surface area contributed by atoms with Crippen molar-refractivity contribution in [1.29, 1.82) is 0 Å². The van der Waals surface area contributed by atoms with Crippen LogP contribution in [0.25, 0.3) is 0 Å². The molecule has 0 unspecified atom stereocenters. The van der Waals surface area contributed by atoms with Gasteiger partial charge in [-0.15, -0.1) is 0 Å². The van der Waals surface area contributed by atoms with Crippen LogP contribution in [-0.4, -0.2) is 10.8 Å². The molecule has 1 aliphatic heterocycles. The zero-order valence-corrected chi connectivity index (χ0v) is 11.8. The highest BCUT2D eigenvalue weighted by Crippen LogP contribution is 2.28. The van der Waals surface area contributed by atoms with Crippen molar-refractivity contribution in [1.82, 2.24) is 5.43 Å². The van der Waals surface area contributed by atoms with Gasteiger partial charge < -0.3 is 10.5 Å². The first kappa shape index (κ1) is 12.2. The Morgan fingerprint density at radius 1 is 1.11 bits per heavy atom. The Balaban J connectivity index is 1.80. The van der Waals surface area contributed by atoms with Gasteiger partial charge in [0.05, 0.1) is 11.8 Å². The van der Waals surface area contributed by atoms with Gasteiger partial charge in [-0.2, -0.15) is 5.10 Å². The topological polar surface area (TPSA) is 44.6 Å². The highest BCUT2D eigenvalue weighted by atomic mass is 79.9. The van der Waals surface area contributed by atoms with Crippen LogP contribution in [0.5, 0.6) is 5.75 Å². The molecule has 4 heteroatoms. The molecule has 0 saturated heterocycles. The van der Waals surface area contributed by atoms with E-state index < -0.39 is 0 Å². The van der Waals surface area contributed by atoms with Gasteiger partial charge in [-0.25, -0.2) is 0 Å². The van der Waals surface area contributed by atoms with Crippen molar-refractivity contribution in [2.45, 2.75) is 12.5 Å². The second-order valence-corrected chi connectivity index (χ2v) is 5.43. The summed E-state index contributed by atoms with van der Waals surface area (Å²) in [6, 6.07) is 15.7. The summed E-state index contributed by atoms with van der Waals surface area (Å²) >= 11 is 3.43. The van der Waals surface area contributed by atoms with Gasteiger partial charge in [0, 0.05) is 16.5 Å². The number of nitrogens with one attached hydrogen (secondary N) is 1. The van der Waals surface area contributed by atoms with Crippen LogP contribution >= 0.6 is 15.9 Å². The molecule has 2 N–H and O–H groups in total. The van der Waals surface area contributed by atoms with E-state index in [0.29, 0.717) is 0 Å². The molecule has 0 aromatic heterocycles. The lowest BCUT2D eigenvalue weighted by atomic mass is 9.99. The molecule has 0 fully saturated rings. The molecular weight excluding hydrogens is 304 g/mol. The molecule has 3 nitrogen and oxygen atoms in total. The Morgan fingerprint density at radius 3 is 2.58 bits per heavy atom. The number of hydrogen-bond acceptors (Lipinski definition) is 3. The number of hydrazone groups is 1. The number of para-hydroxylation sites is 1. The van der Waals surface area contributed by atoms with E-state index in [4.69, 9.17) is 0 Å². The predicted octanol–water partition coefficient (Wildman–Crippen LogP) is 3.59. The summed E-state index contributed by atoms with van der Waals surface area (Å²) in [5.74, 6) is 0.277. The van der Waals surface area contributed by atoms with Crippen molar-refractivity contribution in [2.75, 3.05) is 0 Å². The number of aromatic hydroxyl groups is 1. The summed E-state index contributed by atoms with van der Waals surface area (Å²) in [6.07, 6.45) is 0.777. The van der Waals surface area contributed by atoms with Crippen LogP contribution in [0, 0.1) is 0 Å². The summed E-state index contributed by atoms with van der Waals surface area (Å²) in [6.45, 7) is 0. The first-order valence-corrected chi connectivity index (χ1v) is 6.89. The maximum absolute atomic E-state index is 9.85. The maximum atomic E-state index is 9.85. The summed E-state index contributed by atoms with van der Waals surface area (Å²) in [5, 5.41) is 14.2. The molecule has 19 heavy (non-hydrogen) atoms. The van der Waals surface area contributed by atoms with Crippen LogP contribution < -0.4 is 5.43 Å². The van der Waals surface area contributed by atoms with Crippen LogP contribution in [0.1, 0.15) is 23.6 Å². The SMILES string of the molecule is Oc1ccccc1C1=NN[C@H](c2ccc(Br)cc2)C1. The largest absolute Gasteiger partial charge is 0.507 e. The molecule has 0 radical (unpaired) electrons. The highest BCUT2D eigenvalue weighted by molar-refractivity contribution is 9.10. The molecule has 0 spiro atoms. The number of phenols is 1. The molecule has 2 aromatic rings. The maximum Gasteiger partial charge on any atom is 0.124 e. The van der Waals surface area contributed by atoms with Gasteiger partial charge in [0.25, 0.3) is 0 Å². The lowest BCUT2D eigenvalue weighted by molar-refractivity contribution is 0.474. The van der Waals surface area contributed by atoms with Crippen molar-refractivity contribution in [3.05, 3.63) is 64.1 Å². The molecule has 0 aliphatic carbocycles. The van der Waals surface area contributed by atoms with Gasteiger partial charge >= 0.3 is 0 Å². The van der Waals surface area contributed by atoms with Gasteiger partial charge in [0.2, 0.25) is 0 Å². The molecule has 0 amide bonds. The molecule has 0 bridgehead atoms. The van der Waals surface area contributed by atoms with Crippen molar-refractivity contribution in [3.63, 3.8) is 0 Å². The lowest BCUT2D eigenvalue weighted by Gasteiger charge is -2.10. The minimum Gasteiger partial charge on any atom is -0.507 e. The fourth-order valence-corrected chi connectivity index (χ4v) is 2.48. The monoisotopic (exact) mass is 316 g/mol. The molecule has 3 rings (SSSR count). The van der Waals surface area contributed by atoms with Crippen LogP contribution in [0.3, 0.4) is 0 Å². The summed E-state index contributed by atoms with van der Waals surface area (Å²) in [5.41, 5.74) is 6.02. The predicted molar refractivity (Wildman–Crippen MR) is 79.3 cm³/mol. The van der Waals surface area contributed by atoms with Gasteiger partial charge in [-0.05, 0) is 29.8 Å². The number of halogens is 1. The number of rotatable bonds is 2.